The van der Waals surface area contributed by atoms with Crippen LogP contribution in [0.2, 0.25) is 0 Å². The Morgan fingerprint density at radius 1 is 1.17 bits per heavy atom. The summed E-state index contributed by atoms with van der Waals surface area (Å²) < 4.78 is 6.03. The number of hydrogen-bond acceptors (Lipinski definition) is 6. The van der Waals surface area contributed by atoms with Crippen molar-refractivity contribution in [2.75, 3.05) is 25.4 Å². The number of aromatic nitrogens is 3. The van der Waals surface area contributed by atoms with Crippen molar-refractivity contribution < 1.29 is 14.3 Å². The number of likely N-dealkylation sites (tertiary alicyclic amines) is 1. The molecule has 1 aliphatic carbocycles. The predicted molar refractivity (Wildman–Crippen MR) is 106 cm³/mol. The van der Waals surface area contributed by atoms with Gasteiger partial charge in [-0.3, -0.25) is 14.7 Å². The minimum absolute atomic E-state index is 0.104. The number of benzene rings is 1. The number of carbonyl (C=O) groups is 2. The molecule has 1 aliphatic heterocycles. The third kappa shape index (κ3) is 5.04. The maximum Gasteiger partial charge on any atom is 0.251 e. The number of aromatic amines is 1. The zero-order chi connectivity index (χ0) is 20.2. The molecule has 1 saturated heterocycles. The second kappa shape index (κ2) is 8.50. The van der Waals surface area contributed by atoms with E-state index in [4.69, 9.17) is 10.5 Å². The smallest absolute Gasteiger partial charge is 0.251 e. The van der Waals surface area contributed by atoms with Crippen molar-refractivity contribution >= 4 is 17.8 Å². The van der Waals surface area contributed by atoms with Gasteiger partial charge in [0.1, 0.15) is 17.7 Å². The van der Waals surface area contributed by atoms with Gasteiger partial charge in [-0.25, -0.2) is 0 Å². The van der Waals surface area contributed by atoms with Crippen molar-refractivity contribution in [2.24, 2.45) is 5.92 Å². The number of piperidine rings is 1. The van der Waals surface area contributed by atoms with E-state index in [-0.39, 0.29) is 23.9 Å². The highest BCUT2D eigenvalue weighted by atomic mass is 16.5. The molecule has 1 saturated carbocycles. The molecule has 4 rings (SSSR count). The molecule has 9 heteroatoms. The molecule has 2 aromatic rings. The van der Waals surface area contributed by atoms with Crippen LogP contribution < -0.4 is 15.8 Å². The molecule has 4 N–H and O–H groups in total. The molecule has 0 radical (unpaired) electrons. The maximum absolute atomic E-state index is 12.2. The van der Waals surface area contributed by atoms with Gasteiger partial charge in [-0.1, -0.05) is 0 Å². The normalized spacial score (nSPS) is 17.2. The molecule has 2 aliphatic rings. The second-order valence-corrected chi connectivity index (χ2v) is 7.59. The van der Waals surface area contributed by atoms with Gasteiger partial charge < -0.3 is 20.7 Å². The molecule has 2 fully saturated rings. The lowest BCUT2D eigenvalue weighted by molar-refractivity contribution is -0.134. The number of anilines is 1. The summed E-state index contributed by atoms with van der Waals surface area (Å²) in [4.78, 5) is 30.3. The van der Waals surface area contributed by atoms with E-state index < -0.39 is 0 Å². The first-order valence-corrected chi connectivity index (χ1v) is 10.1. The summed E-state index contributed by atoms with van der Waals surface area (Å²) in [6.45, 7) is 1.96. The monoisotopic (exact) mass is 398 g/mol. The van der Waals surface area contributed by atoms with Gasteiger partial charge in [-0.2, -0.15) is 4.98 Å². The Kier molecular flexibility index (Phi) is 5.64. The zero-order valence-electron chi connectivity index (χ0n) is 16.3. The summed E-state index contributed by atoms with van der Waals surface area (Å²) in [6, 6.07) is 7.13. The van der Waals surface area contributed by atoms with Gasteiger partial charge in [-0.05, 0) is 37.1 Å². The fraction of sp³-hybridized carbons (Fsp3) is 0.500. The molecule has 29 heavy (non-hydrogen) atoms. The summed E-state index contributed by atoms with van der Waals surface area (Å²) in [7, 11) is 0. The maximum atomic E-state index is 12.2. The highest BCUT2D eigenvalue weighted by Crippen LogP contribution is 2.32. The molecule has 0 atom stereocenters. The van der Waals surface area contributed by atoms with E-state index in [0.29, 0.717) is 30.3 Å². The summed E-state index contributed by atoms with van der Waals surface area (Å²) >= 11 is 0. The van der Waals surface area contributed by atoms with Crippen LogP contribution in [0, 0.1) is 5.92 Å². The molecular formula is C20H26N6O3. The molecule has 0 unspecified atom stereocenters. The number of carbonyl (C=O) groups excluding carboxylic acids is 2. The van der Waals surface area contributed by atoms with Gasteiger partial charge >= 0.3 is 0 Å². The van der Waals surface area contributed by atoms with Gasteiger partial charge in [-0.15, -0.1) is 5.10 Å². The van der Waals surface area contributed by atoms with Crippen LogP contribution in [0.1, 0.15) is 41.9 Å². The van der Waals surface area contributed by atoms with Crippen molar-refractivity contribution in [3.8, 4) is 5.75 Å². The van der Waals surface area contributed by atoms with Crippen molar-refractivity contribution in [1.29, 1.82) is 0 Å². The van der Waals surface area contributed by atoms with Gasteiger partial charge in [0.05, 0.1) is 0 Å². The fourth-order valence-corrected chi connectivity index (χ4v) is 3.48. The number of nitrogens with one attached hydrogen (secondary N) is 2. The topological polar surface area (TPSA) is 126 Å². The van der Waals surface area contributed by atoms with E-state index in [1.54, 1.807) is 12.1 Å². The molecular weight excluding hydrogens is 372 g/mol. The number of nitrogen functional groups attached to an aromatic ring is 1. The first-order chi connectivity index (χ1) is 14.1. The molecule has 0 bridgehead atoms. The lowest BCUT2D eigenvalue weighted by Gasteiger charge is -2.32. The lowest BCUT2D eigenvalue weighted by atomic mass is 10.1. The first kappa shape index (κ1) is 19.2. The van der Waals surface area contributed by atoms with Crippen LogP contribution in [0.5, 0.6) is 5.75 Å². The van der Waals surface area contributed by atoms with Crippen molar-refractivity contribution in [3.05, 3.63) is 35.7 Å². The van der Waals surface area contributed by atoms with Crippen LogP contribution >= 0.6 is 0 Å². The second-order valence-electron chi connectivity index (χ2n) is 7.59. The molecule has 2 amide bonds. The Labute approximate surface area is 169 Å². The SMILES string of the molecule is Nc1n[nH]c(CCNC(=O)c2ccc(OC3CCN(C(=O)C4CC4)CC3)cc2)n1. The van der Waals surface area contributed by atoms with Crippen molar-refractivity contribution in [3.63, 3.8) is 0 Å². The quantitative estimate of drug-likeness (QED) is 0.642. The summed E-state index contributed by atoms with van der Waals surface area (Å²) in [5.74, 6) is 2.01. The van der Waals surface area contributed by atoms with Crippen LogP contribution in [0.15, 0.2) is 24.3 Å². The number of ether oxygens (including phenoxy) is 1. The van der Waals surface area contributed by atoms with Gasteiger partial charge in [0.25, 0.3) is 5.91 Å². The van der Waals surface area contributed by atoms with Crippen molar-refractivity contribution in [1.82, 2.24) is 25.4 Å². The lowest BCUT2D eigenvalue weighted by Crippen LogP contribution is -2.42. The number of nitrogens with two attached hydrogens (primary N) is 1. The Balaban J connectivity index is 1.20. The highest BCUT2D eigenvalue weighted by molar-refractivity contribution is 5.94. The minimum atomic E-state index is -0.157. The molecule has 154 valence electrons. The van der Waals surface area contributed by atoms with E-state index >= 15 is 0 Å². The number of nitrogens with zero attached hydrogens (tertiary/aromatic N) is 3. The van der Waals surface area contributed by atoms with Gasteiger partial charge in [0.15, 0.2) is 0 Å². The minimum Gasteiger partial charge on any atom is -0.490 e. The summed E-state index contributed by atoms with van der Waals surface area (Å²) in [6.07, 6.45) is 4.40. The fourth-order valence-electron chi connectivity index (χ4n) is 3.48. The van der Waals surface area contributed by atoms with Crippen LogP contribution in [0.4, 0.5) is 5.95 Å². The Morgan fingerprint density at radius 3 is 2.52 bits per heavy atom. The van der Waals surface area contributed by atoms with Crippen LogP contribution in [-0.2, 0) is 11.2 Å². The molecule has 1 aromatic heterocycles. The average Bonchev–Trinajstić information content (AvgIpc) is 3.50. The Bertz CT molecular complexity index is 853. The van der Waals surface area contributed by atoms with Crippen LogP contribution in [0.3, 0.4) is 0 Å². The predicted octanol–water partition coefficient (Wildman–Crippen LogP) is 1.14. The van der Waals surface area contributed by atoms with E-state index in [2.05, 4.69) is 20.5 Å². The van der Waals surface area contributed by atoms with Gasteiger partial charge in [0.2, 0.25) is 11.9 Å². The Hall–Kier alpha value is -3.10. The third-order valence-electron chi connectivity index (χ3n) is 5.30. The summed E-state index contributed by atoms with van der Waals surface area (Å²) in [5, 5.41) is 9.30. The number of amides is 2. The molecule has 2 heterocycles. The van der Waals surface area contributed by atoms with E-state index in [9.17, 15) is 9.59 Å². The third-order valence-corrected chi connectivity index (χ3v) is 5.30. The van der Waals surface area contributed by atoms with E-state index in [0.717, 1.165) is 44.5 Å². The molecule has 9 nitrogen and oxygen atoms in total. The first-order valence-electron chi connectivity index (χ1n) is 10.1. The van der Waals surface area contributed by atoms with E-state index in [1.165, 1.54) is 0 Å². The van der Waals surface area contributed by atoms with E-state index in [1.807, 2.05) is 17.0 Å². The van der Waals surface area contributed by atoms with Crippen molar-refractivity contribution in [2.45, 2.75) is 38.2 Å². The Morgan fingerprint density at radius 2 is 1.90 bits per heavy atom. The molecule has 1 aromatic carbocycles. The zero-order valence-corrected chi connectivity index (χ0v) is 16.3. The number of H-pyrrole nitrogens is 1. The largest absolute Gasteiger partial charge is 0.490 e. The average molecular weight is 398 g/mol. The summed E-state index contributed by atoms with van der Waals surface area (Å²) in [5.41, 5.74) is 6.02. The standard InChI is InChI=1S/C20H26N6O3/c21-20-23-17(24-25-20)7-10-22-18(27)13-3-5-15(6-4-13)29-16-8-11-26(12-9-16)19(28)14-1-2-14/h3-6,14,16H,1-2,7-12H2,(H,22,27)(H3,21,23,24,25). The number of hydrogen-bond donors (Lipinski definition) is 3. The number of rotatable bonds is 7. The molecule has 0 spiro atoms. The van der Waals surface area contributed by atoms with Crippen LogP contribution in [-0.4, -0.2) is 57.6 Å². The highest BCUT2D eigenvalue weighted by Gasteiger charge is 2.35. The van der Waals surface area contributed by atoms with Crippen LogP contribution in [0.25, 0.3) is 0 Å². The van der Waals surface area contributed by atoms with Gasteiger partial charge in [0, 0.05) is 50.4 Å².